The molecule has 1 aliphatic carbocycles. The average molecular weight is 365 g/mol. The van der Waals surface area contributed by atoms with Crippen molar-refractivity contribution < 1.29 is 14.7 Å². The molecule has 6 heteroatoms. The number of hydrogen-bond donors (Lipinski definition) is 1. The van der Waals surface area contributed by atoms with Crippen LogP contribution < -0.4 is 0 Å². The fourth-order valence-electron chi connectivity index (χ4n) is 3.95. The highest BCUT2D eigenvalue weighted by Gasteiger charge is 2.54. The minimum absolute atomic E-state index is 0.122. The summed E-state index contributed by atoms with van der Waals surface area (Å²) in [5.74, 6) is 0.122. The summed E-state index contributed by atoms with van der Waals surface area (Å²) < 4.78 is 0. The molecule has 25 heavy (non-hydrogen) atoms. The number of likely N-dealkylation sites (tertiary alicyclic amines) is 1. The molecule has 2 aliphatic rings. The number of carbonyl (C=O) groups is 2. The number of nitrogens with zero attached hydrogens (tertiary/aromatic N) is 2. The largest absolute Gasteiger partial charge is 0.465 e. The van der Waals surface area contributed by atoms with Gasteiger partial charge in [-0.1, -0.05) is 23.7 Å². The molecule has 0 unspecified atom stereocenters. The molecular weight excluding hydrogens is 340 g/mol. The van der Waals surface area contributed by atoms with E-state index in [-0.39, 0.29) is 11.9 Å². The van der Waals surface area contributed by atoms with E-state index in [2.05, 4.69) is 0 Å². The Hall–Kier alpha value is -1.75. The van der Waals surface area contributed by atoms with Crippen molar-refractivity contribution in [3.05, 3.63) is 34.9 Å². The van der Waals surface area contributed by atoms with Gasteiger partial charge in [-0.2, -0.15) is 0 Å². The van der Waals surface area contributed by atoms with Crippen LogP contribution >= 0.6 is 11.6 Å². The van der Waals surface area contributed by atoms with Gasteiger partial charge in [-0.15, -0.1) is 0 Å². The number of carbonyl (C=O) groups excluding carboxylic acids is 1. The van der Waals surface area contributed by atoms with Crippen molar-refractivity contribution >= 4 is 23.6 Å². The van der Waals surface area contributed by atoms with E-state index in [1.807, 2.05) is 49.9 Å². The standard InChI is InChI=1S/C19H25ClN2O3/c1-18(2,3)22(17(24)25)15-8-11-21(12-15)16(23)19(9-10-19)13-4-6-14(20)7-5-13/h4-7,15H,8-12H2,1-3H3,(H,24,25)/t15-/m0/s1. The zero-order valence-corrected chi connectivity index (χ0v) is 15.7. The smallest absolute Gasteiger partial charge is 0.408 e. The molecule has 2 fully saturated rings. The first kappa shape index (κ1) is 18.1. The van der Waals surface area contributed by atoms with Crippen molar-refractivity contribution in [2.75, 3.05) is 13.1 Å². The summed E-state index contributed by atoms with van der Waals surface area (Å²) >= 11 is 5.96. The second-order valence-electron chi connectivity index (χ2n) is 8.11. The lowest BCUT2D eigenvalue weighted by atomic mass is 9.94. The molecule has 0 spiro atoms. The predicted molar refractivity (Wildman–Crippen MR) is 97.0 cm³/mol. The molecule has 1 N–H and O–H groups in total. The molecule has 1 aliphatic heterocycles. The molecule has 1 aromatic rings. The highest BCUT2D eigenvalue weighted by Crippen LogP contribution is 2.50. The Bertz CT molecular complexity index is 677. The molecule has 1 saturated heterocycles. The SMILES string of the molecule is CC(C)(C)N(C(=O)O)[C@H]1CCN(C(=O)C2(c3ccc(Cl)cc3)CC2)C1. The highest BCUT2D eigenvalue weighted by molar-refractivity contribution is 6.30. The lowest BCUT2D eigenvalue weighted by Gasteiger charge is -2.38. The van der Waals surface area contributed by atoms with Crippen LogP contribution in [0.25, 0.3) is 0 Å². The van der Waals surface area contributed by atoms with Gasteiger partial charge in [0.25, 0.3) is 0 Å². The summed E-state index contributed by atoms with van der Waals surface area (Å²) in [6.07, 6.45) is 1.45. The molecule has 1 aromatic carbocycles. The maximum absolute atomic E-state index is 13.1. The average Bonchev–Trinajstić information content (AvgIpc) is 3.19. The highest BCUT2D eigenvalue weighted by atomic mass is 35.5. The fraction of sp³-hybridized carbons (Fsp3) is 0.579. The lowest BCUT2D eigenvalue weighted by molar-refractivity contribution is -0.133. The molecule has 1 saturated carbocycles. The van der Waals surface area contributed by atoms with E-state index >= 15 is 0 Å². The zero-order chi connectivity index (χ0) is 18.4. The molecule has 0 bridgehead atoms. The van der Waals surface area contributed by atoms with Crippen LogP contribution in [0.15, 0.2) is 24.3 Å². The Balaban J connectivity index is 1.75. The van der Waals surface area contributed by atoms with Gasteiger partial charge >= 0.3 is 6.09 Å². The van der Waals surface area contributed by atoms with Crippen LogP contribution in [0.4, 0.5) is 4.79 Å². The zero-order valence-electron chi connectivity index (χ0n) is 15.0. The molecule has 3 rings (SSSR count). The van der Waals surface area contributed by atoms with Crippen molar-refractivity contribution in [1.29, 1.82) is 0 Å². The van der Waals surface area contributed by atoms with E-state index in [1.165, 1.54) is 4.90 Å². The Kier molecular flexibility index (Phi) is 4.48. The minimum atomic E-state index is -0.925. The maximum Gasteiger partial charge on any atom is 0.408 e. The third-order valence-electron chi connectivity index (χ3n) is 5.30. The van der Waals surface area contributed by atoms with Crippen LogP contribution in [0.2, 0.25) is 5.02 Å². The van der Waals surface area contributed by atoms with Crippen LogP contribution in [-0.2, 0) is 10.2 Å². The third kappa shape index (κ3) is 3.34. The second-order valence-corrected chi connectivity index (χ2v) is 8.54. The predicted octanol–water partition coefficient (Wildman–Crippen LogP) is 3.75. The summed E-state index contributed by atoms with van der Waals surface area (Å²) in [7, 11) is 0. The molecule has 1 atom stereocenters. The van der Waals surface area contributed by atoms with Gasteiger partial charge in [-0.05, 0) is 57.7 Å². The number of halogens is 1. The topological polar surface area (TPSA) is 60.9 Å². The van der Waals surface area contributed by atoms with E-state index in [0.717, 1.165) is 18.4 Å². The van der Waals surface area contributed by atoms with Gasteiger partial charge in [0.2, 0.25) is 5.91 Å². The first-order chi connectivity index (χ1) is 11.6. The van der Waals surface area contributed by atoms with E-state index in [1.54, 1.807) is 0 Å². The van der Waals surface area contributed by atoms with Crippen LogP contribution in [-0.4, -0.2) is 51.6 Å². The van der Waals surface area contributed by atoms with Crippen molar-refractivity contribution in [1.82, 2.24) is 9.80 Å². The fourth-order valence-corrected chi connectivity index (χ4v) is 4.08. The van der Waals surface area contributed by atoms with Gasteiger partial charge in [-0.3, -0.25) is 9.69 Å². The minimum Gasteiger partial charge on any atom is -0.465 e. The summed E-state index contributed by atoms with van der Waals surface area (Å²) in [5, 5.41) is 10.2. The number of carboxylic acid groups (broad SMARTS) is 1. The Morgan fingerprint density at radius 1 is 1.24 bits per heavy atom. The van der Waals surface area contributed by atoms with Crippen LogP contribution in [0, 0.1) is 0 Å². The molecular formula is C19H25ClN2O3. The molecule has 0 aromatic heterocycles. The van der Waals surface area contributed by atoms with Crippen LogP contribution in [0.1, 0.15) is 45.6 Å². The van der Waals surface area contributed by atoms with E-state index < -0.39 is 17.0 Å². The van der Waals surface area contributed by atoms with Crippen molar-refractivity contribution in [3.63, 3.8) is 0 Å². The number of rotatable bonds is 3. The quantitative estimate of drug-likeness (QED) is 0.888. The normalized spacial score (nSPS) is 21.9. The molecule has 2 amide bonds. The van der Waals surface area contributed by atoms with Gasteiger partial charge in [0.1, 0.15) is 0 Å². The number of benzene rings is 1. The van der Waals surface area contributed by atoms with Crippen LogP contribution in [0.5, 0.6) is 0 Å². The maximum atomic E-state index is 13.1. The first-order valence-corrected chi connectivity index (χ1v) is 9.11. The lowest BCUT2D eigenvalue weighted by Crippen LogP contribution is -2.52. The summed E-state index contributed by atoms with van der Waals surface area (Å²) in [4.78, 5) is 28.1. The molecule has 0 radical (unpaired) electrons. The Morgan fingerprint density at radius 2 is 1.84 bits per heavy atom. The van der Waals surface area contributed by atoms with Gasteiger partial charge < -0.3 is 10.0 Å². The summed E-state index contributed by atoms with van der Waals surface area (Å²) in [6.45, 7) is 6.75. The van der Waals surface area contributed by atoms with Gasteiger partial charge in [0, 0.05) is 23.7 Å². The van der Waals surface area contributed by atoms with Gasteiger partial charge in [0.05, 0.1) is 11.5 Å². The number of amides is 2. The molecule has 1 heterocycles. The van der Waals surface area contributed by atoms with Crippen molar-refractivity contribution in [2.45, 2.75) is 57.0 Å². The third-order valence-corrected chi connectivity index (χ3v) is 5.55. The van der Waals surface area contributed by atoms with Crippen molar-refractivity contribution in [3.8, 4) is 0 Å². The molecule has 136 valence electrons. The second kappa shape index (κ2) is 6.20. The number of hydrogen-bond acceptors (Lipinski definition) is 2. The van der Waals surface area contributed by atoms with Gasteiger partial charge in [0.15, 0.2) is 0 Å². The van der Waals surface area contributed by atoms with Crippen LogP contribution in [0.3, 0.4) is 0 Å². The first-order valence-electron chi connectivity index (χ1n) is 8.73. The van der Waals surface area contributed by atoms with Gasteiger partial charge in [-0.25, -0.2) is 4.79 Å². The van der Waals surface area contributed by atoms with E-state index in [0.29, 0.717) is 24.5 Å². The summed E-state index contributed by atoms with van der Waals surface area (Å²) in [6, 6.07) is 7.35. The Morgan fingerprint density at radius 3 is 2.32 bits per heavy atom. The van der Waals surface area contributed by atoms with E-state index in [9.17, 15) is 14.7 Å². The Labute approximate surface area is 153 Å². The van der Waals surface area contributed by atoms with E-state index in [4.69, 9.17) is 11.6 Å². The monoisotopic (exact) mass is 364 g/mol. The molecule has 5 nitrogen and oxygen atoms in total. The van der Waals surface area contributed by atoms with Crippen molar-refractivity contribution in [2.24, 2.45) is 0 Å². The summed E-state index contributed by atoms with van der Waals surface area (Å²) in [5.41, 5.74) is 0.0920.